The number of hydrogen-bond donors (Lipinski definition) is 1. The van der Waals surface area contributed by atoms with Gasteiger partial charge in [-0.05, 0) is 44.9 Å². The van der Waals surface area contributed by atoms with Gasteiger partial charge in [-0.1, -0.05) is 5.16 Å². The van der Waals surface area contributed by atoms with E-state index in [9.17, 15) is 4.79 Å². The number of pyridine rings is 1. The number of carbonyl (C=O) groups excluding carboxylic acids is 1. The number of likely N-dealkylation sites (N-methyl/N-ethyl adjacent to an activating group) is 1. The Morgan fingerprint density at radius 2 is 2.11 bits per heavy atom. The van der Waals surface area contributed by atoms with Crippen molar-refractivity contribution >= 4 is 5.91 Å². The van der Waals surface area contributed by atoms with E-state index >= 15 is 0 Å². The third-order valence-corrected chi connectivity index (χ3v) is 4.37. The van der Waals surface area contributed by atoms with Gasteiger partial charge in [-0.25, -0.2) is 0 Å². The summed E-state index contributed by atoms with van der Waals surface area (Å²) in [5.74, 6) is 0.919. The molecule has 3 heterocycles. The van der Waals surface area contributed by atoms with Crippen LogP contribution >= 0.6 is 0 Å². The highest BCUT2D eigenvalue weighted by atomic mass is 16.5. The van der Waals surface area contributed by atoms with E-state index in [0.717, 1.165) is 29.1 Å². The molecule has 0 saturated carbocycles. The van der Waals surface area contributed by atoms with Gasteiger partial charge in [-0.2, -0.15) is 5.10 Å². The van der Waals surface area contributed by atoms with Crippen LogP contribution in [0.3, 0.4) is 0 Å². The second-order valence-electron chi connectivity index (χ2n) is 6.49. The predicted octanol–water partition coefficient (Wildman–Crippen LogP) is 2.61. The van der Waals surface area contributed by atoms with Gasteiger partial charge in [-0.15, -0.1) is 0 Å². The molecule has 0 unspecified atom stereocenters. The Hall–Kier alpha value is -3.16. The lowest BCUT2D eigenvalue weighted by molar-refractivity contribution is 0.0786. The van der Waals surface area contributed by atoms with Gasteiger partial charge in [-0.3, -0.25) is 14.9 Å². The number of amides is 1. The summed E-state index contributed by atoms with van der Waals surface area (Å²) in [5, 5.41) is 11.0. The average Bonchev–Trinajstić information content (AvgIpc) is 3.26. The fourth-order valence-electron chi connectivity index (χ4n) is 2.69. The van der Waals surface area contributed by atoms with Gasteiger partial charge in [0.2, 0.25) is 0 Å². The van der Waals surface area contributed by atoms with E-state index in [1.165, 1.54) is 0 Å². The monoisotopic (exact) mass is 369 g/mol. The zero-order valence-electron chi connectivity index (χ0n) is 15.9. The molecule has 0 aliphatic rings. The molecule has 1 N–H and O–H groups in total. The number of ether oxygens (including phenoxy) is 1. The second-order valence-corrected chi connectivity index (χ2v) is 6.49. The third-order valence-electron chi connectivity index (χ3n) is 4.37. The minimum atomic E-state index is -0.194. The molecule has 0 aliphatic heterocycles. The van der Waals surface area contributed by atoms with Gasteiger partial charge >= 0.3 is 0 Å². The lowest BCUT2D eigenvalue weighted by Crippen LogP contribution is -2.29. The first-order valence-corrected chi connectivity index (χ1v) is 8.71. The first-order chi connectivity index (χ1) is 12.9. The lowest BCUT2D eigenvalue weighted by Gasteiger charge is -2.15. The first-order valence-electron chi connectivity index (χ1n) is 8.71. The normalized spacial score (nSPS) is 10.8. The van der Waals surface area contributed by atoms with Crippen LogP contribution in [-0.4, -0.2) is 44.7 Å². The van der Waals surface area contributed by atoms with Crippen LogP contribution in [0.2, 0.25) is 0 Å². The number of carbonyl (C=O) groups is 1. The summed E-state index contributed by atoms with van der Waals surface area (Å²) in [6.07, 6.45) is 2.37. The Morgan fingerprint density at radius 1 is 1.30 bits per heavy atom. The molecule has 142 valence electrons. The van der Waals surface area contributed by atoms with E-state index < -0.39 is 0 Å². The molecule has 0 saturated heterocycles. The van der Waals surface area contributed by atoms with Gasteiger partial charge in [0, 0.05) is 31.0 Å². The van der Waals surface area contributed by atoms with Crippen LogP contribution < -0.4 is 4.74 Å². The van der Waals surface area contributed by atoms with E-state index in [2.05, 4.69) is 20.3 Å². The maximum Gasteiger partial charge on any atom is 0.275 e. The summed E-state index contributed by atoms with van der Waals surface area (Å²) in [4.78, 5) is 18.3. The number of nitrogens with one attached hydrogen (secondary N) is 1. The number of hydrogen-bond acceptors (Lipinski definition) is 6. The fourth-order valence-corrected chi connectivity index (χ4v) is 2.69. The molecule has 3 rings (SSSR count). The van der Waals surface area contributed by atoms with E-state index in [4.69, 9.17) is 9.26 Å². The Bertz CT molecular complexity index is 894. The van der Waals surface area contributed by atoms with Crippen molar-refractivity contribution in [1.29, 1.82) is 0 Å². The van der Waals surface area contributed by atoms with Crippen LogP contribution in [0.25, 0.3) is 0 Å². The topological polar surface area (TPSA) is 97.1 Å². The number of H-pyrrole nitrogens is 1. The zero-order chi connectivity index (χ0) is 19.4. The maximum atomic E-state index is 12.5. The van der Waals surface area contributed by atoms with Crippen LogP contribution in [0.4, 0.5) is 0 Å². The molecule has 8 nitrogen and oxygen atoms in total. The van der Waals surface area contributed by atoms with E-state index in [0.29, 0.717) is 18.1 Å². The van der Waals surface area contributed by atoms with E-state index in [1.54, 1.807) is 24.2 Å². The van der Waals surface area contributed by atoms with Crippen molar-refractivity contribution in [2.75, 3.05) is 13.6 Å². The van der Waals surface area contributed by atoms with Crippen molar-refractivity contribution in [3.05, 3.63) is 58.5 Å². The average molecular weight is 369 g/mol. The summed E-state index contributed by atoms with van der Waals surface area (Å²) in [5.41, 5.74) is 4.30. The van der Waals surface area contributed by atoms with Crippen molar-refractivity contribution in [3.63, 3.8) is 0 Å². The van der Waals surface area contributed by atoms with E-state index in [-0.39, 0.29) is 18.2 Å². The van der Waals surface area contributed by atoms with Crippen LogP contribution in [0.15, 0.2) is 28.9 Å². The molecular formula is C19H23N5O3. The minimum Gasteiger partial charge on any atom is -0.484 e. The van der Waals surface area contributed by atoms with Crippen molar-refractivity contribution in [3.8, 4) is 5.75 Å². The highest BCUT2D eigenvalue weighted by molar-refractivity contribution is 5.92. The third kappa shape index (κ3) is 4.52. The fraction of sp³-hybridized carbons (Fsp3) is 0.368. The molecule has 0 aromatic carbocycles. The second kappa shape index (κ2) is 8.03. The summed E-state index contributed by atoms with van der Waals surface area (Å²) < 4.78 is 10.8. The van der Waals surface area contributed by atoms with Crippen molar-refractivity contribution in [2.24, 2.45) is 0 Å². The Balaban J connectivity index is 1.54. The number of aromatic amines is 1. The Labute approximate surface area is 157 Å². The van der Waals surface area contributed by atoms with Crippen molar-refractivity contribution < 1.29 is 14.1 Å². The summed E-state index contributed by atoms with van der Waals surface area (Å²) >= 11 is 0. The summed E-state index contributed by atoms with van der Waals surface area (Å²) in [6.45, 7) is 6.58. The van der Waals surface area contributed by atoms with Crippen LogP contribution in [-0.2, 0) is 13.0 Å². The smallest absolute Gasteiger partial charge is 0.275 e. The molecule has 8 heteroatoms. The molecule has 0 radical (unpaired) electrons. The SMILES string of the molecule is Cc1ccc(OCc2cc(C(=O)N(C)CCc3c(C)n[nH]c3C)no2)cn1. The van der Waals surface area contributed by atoms with Gasteiger partial charge in [0.25, 0.3) is 5.91 Å². The molecule has 0 aliphatic carbocycles. The zero-order valence-corrected chi connectivity index (χ0v) is 15.9. The van der Waals surface area contributed by atoms with Gasteiger partial charge < -0.3 is 14.2 Å². The molecule has 0 atom stereocenters. The number of aromatic nitrogens is 4. The summed E-state index contributed by atoms with van der Waals surface area (Å²) in [7, 11) is 1.75. The predicted molar refractivity (Wildman–Crippen MR) is 98.5 cm³/mol. The van der Waals surface area contributed by atoms with Gasteiger partial charge in [0.05, 0.1) is 11.9 Å². The van der Waals surface area contributed by atoms with Gasteiger partial charge in [0.1, 0.15) is 12.4 Å². The molecule has 3 aromatic heterocycles. The molecule has 0 spiro atoms. The lowest BCUT2D eigenvalue weighted by atomic mass is 10.1. The van der Waals surface area contributed by atoms with E-state index in [1.807, 2.05) is 32.9 Å². The molecule has 0 fully saturated rings. The van der Waals surface area contributed by atoms with Crippen LogP contribution in [0, 0.1) is 20.8 Å². The van der Waals surface area contributed by atoms with Crippen molar-refractivity contribution in [2.45, 2.75) is 33.8 Å². The van der Waals surface area contributed by atoms with Crippen LogP contribution in [0.1, 0.15) is 38.9 Å². The minimum absolute atomic E-state index is 0.183. The molecule has 1 amide bonds. The Morgan fingerprint density at radius 3 is 2.78 bits per heavy atom. The quantitative estimate of drug-likeness (QED) is 0.687. The summed E-state index contributed by atoms with van der Waals surface area (Å²) in [6, 6.07) is 5.30. The first kappa shape index (κ1) is 18.6. The maximum absolute atomic E-state index is 12.5. The standard InChI is InChI=1S/C19H23N5O3/c1-12-5-6-15(10-20-12)26-11-16-9-18(23-27-16)19(25)24(4)8-7-17-13(2)21-22-14(17)3/h5-6,9-10H,7-8,11H2,1-4H3,(H,21,22). The highest BCUT2D eigenvalue weighted by Crippen LogP contribution is 2.14. The molecule has 0 bridgehead atoms. The Kier molecular flexibility index (Phi) is 5.54. The van der Waals surface area contributed by atoms with Crippen molar-refractivity contribution in [1.82, 2.24) is 25.2 Å². The number of rotatable bonds is 7. The molecular weight excluding hydrogens is 346 g/mol. The number of aryl methyl sites for hydroxylation is 3. The number of nitrogens with zero attached hydrogens (tertiary/aromatic N) is 4. The molecule has 3 aromatic rings. The largest absolute Gasteiger partial charge is 0.484 e. The van der Waals surface area contributed by atoms with Crippen LogP contribution in [0.5, 0.6) is 5.75 Å². The van der Waals surface area contributed by atoms with Gasteiger partial charge in [0.15, 0.2) is 11.5 Å². The molecule has 27 heavy (non-hydrogen) atoms. The highest BCUT2D eigenvalue weighted by Gasteiger charge is 2.18.